The van der Waals surface area contributed by atoms with Gasteiger partial charge in [0.2, 0.25) is 5.65 Å². The predicted octanol–water partition coefficient (Wildman–Crippen LogP) is 11.9. The number of methoxy groups -OCH3 is 2. The molecule has 0 amide bonds. The standard InChI is InChI=1S/2C24H21N3O3.C21H19N5O2/c1-15-7-4-8-16(2)22(15)27-20(26-18-10-6-14-25-21(18)24(27)29)13-12-17-9-5-11-19(30-3)23(17)28;1-15-6-4-7-16(2)22(15)27-21(26-19-14-25-13-12-18(19)24(27)29)11-10-17-8-5-9-20(30-3)23(17)28;1-12-6-4-7-13(2)18(12)26-16(22-20-17(21(26)28)23-25-24-20)11-10-15-9-5-8-14(3)19(15)27/h2*4-14,28H,1-3H3;4-11,27H,1-3H3,(H,23,24,25)/b13-12+;2*11-10+. The number of aromatic nitrogens is 11. The maximum absolute atomic E-state index is 13.4. The minimum absolute atomic E-state index is 0.0275. The lowest BCUT2D eigenvalue weighted by Crippen LogP contribution is -2.24. The molecule has 6 heterocycles. The molecule has 12 aromatic rings. The van der Waals surface area contributed by atoms with Gasteiger partial charge in [0.25, 0.3) is 16.7 Å². The number of nitrogens with zero attached hydrogens (tertiary/aromatic N) is 10. The summed E-state index contributed by atoms with van der Waals surface area (Å²) in [5, 5.41) is 41.9. The topological polar surface area (TPSA) is 251 Å². The fraction of sp³-hybridized carbons (Fsp3) is 0.130. The van der Waals surface area contributed by atoms with Crippen molar-refractivity contribution in [1.29, 1.82) is 0 Å². The zero-order valence-electron chi connectivity index (χ0n) is 49.7. The van der Waals surface area contributed by atoms with Crippen molar-refractivity contribution >= 4 is 69.6 Å². The molecule has 0 spiro atoms. The molecule has 0 aliphatic rings. The highest BCUT2D eigenvalue weighted by molar-refractivity contribution is 5.82. The van der Waals surface area contributed by atoms with E-state index in [2.05, 4.69) is 40.3 Å². The molecule has 88 heavy (non-hydrogen) atoms. The molecule has 0 bridgehead atoms. The largest absolute Gasteiger partial charge is 0.507 e. The van der Waals surface area contributed by atoms with E-state index in [0.29, 0.717) is 67.6 Å². The number of rotatable bonds is 11. The molecule has 12 rings (SSSR count). The minimum atomic E-state index is -0.302. The van der Waals surface area contributed by atoms with E-state index in [1.54, 1.807) is 129 Å². The number of nitrogens with one attached hydrogen (secondary N) is 1. The van der Waals surface area contributed by atoms with Crippen LogP contribution in [0.4, 0.5) is 0 Å². The first-order chi connectivity index (χ1) is 42.5. The molecule has 4 N–H and O–H groups in total. The lowest BCUT2D eigenvalue weighted by molar-refractivity contribution is 0.373. The van der Waals surface area contributed by atoms with Gasteiger partial charge in [-0.2, -0.15) is 5.21 Å². The molecule has 0 unspecified atom stereocenters. The fourth-order valence-corrected chi connectivity index (χ4v) is 10.3. The van der Waals surface area contributed by atoms with Gasteiger partial charge in [0.05, 0.1) is 53.9 Å². The maximum atomic E-state index is 13.4. The van der Waals surface area contributed by atoms with Gasteiger partial charge in [-0.05, 0) is 154 Å². The number of H-pyrrole nitrogens is 1. The van der Waals surface area contributed by atoms with Crippen LogP contribution in [0.15, 0.2) is 160 Å². The first-order valence-corrected chi connectivity index (χ1v) is 27.8. The van der Waals surface area contributed by atoms with Crippen molar-refractivity contribution in [2.45, 2.75) is 48.5 Å². The van der Waals surface area contributed by atoms with Gasteiger partial charge in [-0.3, -0.25) is 33.1 Å². The molecular weight excluding hydrogens is 1110 g/mol. The van der Waals surface area contributed by atoms with E-state index in [9.17, 15) is 29.7 Å². The number of benzene rings is 6. The molecule has 0 saturated carbocycles. The summed E-state index contributed by atoms with van der Waals surface area (Å²) >= 11 is 0. The van der Waals surface area contributed by atoms with Crippen molar-refractivity contribution in [1.82, 2.24) is 54.0 Å². The predicted molar refractivity (Wildman–Crippen MR) is 345 cm³/mol. The second-order valence-electron chi connectivity index (χ2n) is 20.6. The molecule has 19 heteroatoms. The fourth-order valence-electron chi connectivity index (χ4n) is 10.3. The molecule has 6 aromatic heterocycles. The Bertz CT molecular complexity index is 4670. The first kappa shape index (κ1) is 59.6. The molecule has 0 saturated heterocycles. The Balaban J connectivity index is 0.000000146. The van der Waals surface area contributed by atoms with Crippen LogP contribution < -0.4 is 26.2 Å². The van der Waals surface area contributed by atoms with E-state index >= 15 is 0 Å². The lowest BCUT2D eigenvalue weighted by Gasteiger charge is -2.16. The SMILES string of the molecule is COc1cccc(/C=C/c2nc3cccnc3c(=O)n2-c2c(C)cccc2C)c1O.COc1cccc(/C=C/c2nc3cnccc3c(=O)n2-c2c(C)cccc2C)c1O.Cc1cccc(/C=C/c2nc3n[nH]nc3c(=O)n2-c2c(C)cccc2C)c1O. The molecule has 0 fully saturated rings. The molecule has 0 aliphatic carbocycles. The summed E-state index contributed by atoms with van der Waals surface area (Å²) in [4.78, 5) is 62.2. The van der Waals surface area contributed by atoms with Gasteiger partial charge >= 0.3 is 0 Å². The van der Waals surface area contributed by atoms with E-state index in [0.717, 1.165) is 56.0 Å². The highest BCUT2D eigenvalue weighted by Crippen LogP contribution is 2.33. The molecule has 0 radical (unpaired) electrons. The van der Waals surface area contributed by atoms with Gasteiger partial charge in [-0.25, -0.2) is 19.9 Å². The second kappa shape index (κ2) is 25.7. The summed E-state index contributed by atoms with van der Waals surface area (Å²) in [6, 6.07) is 38.7. The molecular formula is C69H61N11O8. The first-order valence-electron chi connectivity index (χ1n) is 27.8. The van der Waals surface area contributed by atoms with Gasteiger partial charge in [-0.1, -0.05) is 97.1 Å². The van der Waals surface area contributed by atoms with Crippen LogP contribution in [-0.4, -0.2) is 83.6 Å². The van der Waals surface area contributed by atoms with Crippen LogP contribution in [0.2, 0.25) is 0 Å². The zero-order valence-corrected chi connectivity index (χ0v) is 49.7. The van der Waals surface area contributed by atoms with Crippen LogP contribution in [0.25, 0.3) is 86.6 Å². The normalized spacial score (nSPS) is 11.4. The average Bonchev–Trinajstić information content (AvgIpc) is 1.17. The van der Waals surface area contributed by atoms with Crippen molar-refractivity contribution in [2.24, 2.45) is 0 Å². The van der Waals surface area contributed by atoms with Crippen molar-refractivity contribution in [3.05, 3.63) is 250 Å². The Kier molecular flexibility index (Phi) is 17.4. The third-order valence-corrected chi connectivity index (χ3v) is 14.7. The number of phenolic OH excluding ortho intramolecular Hbond substituents is 3. The Morgan fingerprint density at radius 1 is 0.420 bits per heavy atom. The second-order valence-corrected chi connectivity index (χ2v) is 20.6. The average molecular weight is 1170 g/mol. The number of hydrogen-bond donors (Lipinski definition) is 4. The number of hydrogen-bond acceptors (Lipinski definition) is 15. The van der Waals surface area contributed by atoms with Gasteiger partial charge in [0.1, 0.15) is 23.2 Å². The number of ether oxygens (including phenoxy) is 2. The highest BCUT2D eigenvalue weighted by Gasteiger charge is 2.20. The van der Waals surface area contributed by atoms with Crippen LogP contribution in [0.1, 0.15) is 73.1 Å². The lowest BCUT2D eigenvalue weighted by atomic mass is 10.1. The Morgan fingerprint density at radius 2 is 0.841 bits per heavy atom. The molecule has 0 aliphatic heterocycles. The van der Waals surface area contributed by atoms with E-state index < -0.39 is 0 Å². The Labute approximate surface area is 504 Å². The van der Waals surface area contributed by atoms with Crippen LogP contribution in [0, 0.1) is 48.5 Å². The van der Waals surface area contributed by atoms with Crippen LogP contribution >= 0.6 is 0 Å². The van der Waals surface area contributed by atoms with Crippen LogP contribution in [-0.2, 0) is 0 Å². The summed E-state index contributed by atoms with van der Waals surface area (Å²) in [5.74, 6) is 2.30. The number of aryl methyl sites for hydroxylation is 7. The van der Waals surface area contributed by atoms with E-state index in [1.807, 2.05) is 115 Å². The van der Waals surface area contributed by atoms with E-state index in [-0.39, 0.29) is 45.1 Å². The van der Waals surface area contributed by atoms with Crippen molar-refractivity contribution in [2.75, 3.05) is 14.2 Å². The third-order valence-electron chi connectivity index (χ3n) is 14.7. The summed E-state index contributed by atoms with van der Waals surface area (Å²) in [6.07, 6.45) is 15.1. The zero-order chi connectivity index (χ0) is 62.3. The Hall–Kier alpha value is -11.6. The van der Waals surface area contributed by atoms with Gasteiger partial charge in [0.15, 0.2) is 34.0 Å². The number of para-hydroxylation sites is 6. The summed E-state index contributed by atoms with van der Waals surface area (Å²) in [6.45, 7) is 13.6. The summed E-state index contributed by atoms with van der Waals surface area (Å²) in [5.41, 5.74) is 11.6. The summed E-state index contributed by atoms with van der Waals surface area (Å²) in [7, 11) is 3.00. The number of aromatic amines is 1. The molecule has 440 valence electrons. The summed E-state index contributed by atoms with van der Waals surface area (Å²) < 4.78 is 15.1. The van der Waals surface area contributed by atoms with Crippen LogP contribution in [0.5, 0.6) is 28.7 Å². The monoisotopic (exact) mass is 1170 g/mol. The van der Waals surface area contributed by atoms with Crippen molar-refractivity contribution < 1.29 is 24.8 Å². The molecule has 6 aromatic carbocycles. The number of pyridine rings is 2. The number of phenols is 3. The Morgan fingerprint density at radius 3 is 1.34 bits per heavy atom. The minimum Gasteiger partial charge on any atom is -0.507 e. The van der Waals surface area contributed by atoms with E-state index in [1.165, 1.54) is 14.2 Å². The highest BCUT2D eigenvalue weighted by atomic mass is 16.5. The third kappa shape index (κ3) is 11.9. The quantitative estimate of drug-likeness (QED) is 0.0940. The van der Waals surface area contributed by atoms with Crippen LogP contribution in [0.3, 0.4) is 0 Å². The number of aromatic hydroxyl groups is 3. The maximum Gasteiger partial charge on any atom is 0.288 e. The van der Waals surface area contributed by atoms with E-state index in [4.69, 9.17) is 9.47 Å². The van der Waals surface area contributed by atoms with Gasteiger partial charge in [-0.15, -0.1) is 10.2 Å². The van der Waals surface area contributed by atoms with Gasteiger partial charge < -0.3 is 24.8 Å². The van der Waals surface area contributed by atoms with Crippen molar-refractivity contribution in [3.8, 4) is 45.8 Å². The smallest absolute Gasteiger partial charge is 0.288 e. The van der Waals surface area contributed by atoms with Gasteiger partial charge in [0, 0.05) is 29.1 Å². The number of fused-ring (bicyclic) bond motifs is 3. The van der Waals surface area contributed by atoms with Crippen molar-refractivity contribution in [3.63, 3.8) is 0 Å². The molecule has 19 nitrogen and oxygen atoms in total. The molecule has 0 atom stereocenters.